The third-order valence-corrected chi connectivity index (χ3v) is 8.58. The number of benzene rings is 3. The van der Waals surface area contributed by atoms with Gasteiger partial charge >= 0.3 is 0 Å². The van der Waals surface area contributed by atoms with Crippen molar-refractivity contribution in [3.8, 4) is 11.1 Å². The van der Waals surface area contributed by atoms with Gasteiger partial charge in [-0.2, -0.15) is 4.31 Å². The molecular weight excluding hydrogens is 439 g/mol. The standard InChI is InChI=1S/C26H27FN2O3S/c1-18-10-13-25(20-7-3-2-4-8-20)33(31,32)29(18)17-23-12-11-22(16-24(23)27)21-9-5-6-19(14-21)15-26(28)30/h2-9,11-12,14,16,18,25H,10,13,15,17H2,1H3,(H2,28,30)/t18-,25?/m0/s1. The smallest absolute Gasteiger partial charge is 0.221 e. The van der Waals surface area contributed by atoms with E-state index in [1.165, 1.54) is 10.4 Å². The Labute approximate surface area is 194 Å². The molecule has 1 unspecified atom stereocenters. The average molecular weight is 467 g/mol. The molecule has 5 nitrogen and oxygen atoms in total. The summed E-state index contributed by atoms with van der Waals surface area (Å²) >= 11 is 0. The van der Waals surface area contributed by atoms with Gasteiger partial charge in [-0.3, -0.25) is 4.79 Å². The zero-order valence-electron chi connectivity index (χ0n) is 18.4. The molecule has 1 aliphatic heterocycles. The van der Waals surface area contributed by atoms with E-state index in [1.807, 2.05) is 43.3 Å². The Morgan fingerprint density at radius 3 is 2.42 bits per heavy atom. The quantitative estimate of drug-likeness (QED) is 0.578. The lowest BCUT2D eigenvalue weighted by Gasteiger charge is -2.37. The molecule has 1 saturated heterocycles. The largest absolute Gasteiger partial charge is 0.369 e. The van der Waals surface area contributed by atoms with E-state index in [1.54, 1.807) is 30.3 Å². The third-order valence-electron chi connectivity index (χ3n) is 6.21. The van der Waals surface area contributed by atoms with Crippen LogP contribution in [0.25, 0.3) is 11.1 Å². The van der Waals surface area contributed by atoms with Crippen LogP contribution < -0.4 is 5.73 Å². The van der Waals surface area contributed by atoms with E-state index in [-0.39, 0.29) is 19.0 Å². The fourth-order valence-electron chi connectivity index (χ4n) is 4.44. The lowest BCUT2D eigenvalue weighted by molar-refractivity contribution is -0.117. The minimum absolute atomic E-state index is 0.0132. The predicted molar refractivity (Wildman–Crippen MR) is 127 cm³/mol. The second kappa shape index (κ2) is 9.45. The lowest BCUT2D eigenvalue weighted by atomic mass is 10.00. The number of primary amides is 1. The van der Waals surface area contributed by atoms with Gasteiger partial charge in [0.2, 0.25) is 15.9 Å². The van der Waals surface area contributed by atoms with Crippen LogP contribution in [0, 0.1) is 5.82 Å². The Hall–Kier alpha value is -3.03. The molecule has 0 saturated carbocycles. The third kappa shape index (κ3) is 4.99. The van der Waals surface area contributed by atoms with Gasteiger partial charge in [0.15, 0.2) is 0 Å². The van der Waals surface area contributed by atoms with Gasteiger partial charge in [-0.05, 0) is 48.1 Å². The van der Waals surface area contributed by atoms with Gasteiger partial charge in [-0.1, -0.05) is 66.7 Å². The van der Waals surface area contributed by atoms with E-state index < -0.39 is 27.0 Å². The van der Waals surface area contributed by atoms with Crippen molar-refractivity contribution in [3.63, 3.8) is 0 Å². The summed E-state index contributed by atoms with van der Waals surface area (Å²) in [7, 11) is -3.64. The molecule has 1 fully saturated rings. The Bertz CT molecular complexity index is 1260. The maximum atomic E-state index is 15.1. The van der Waals surface area contributed by atoms with Crippen molar-refractivity contribution in [1.29, 1.82) is 0 Å². The van der Waals surface area contributed by atoms with Crippen LogP contribution in [0.1, 0.15) is 41.7 Å². The first-order valence-corrected chi connectivity index (χ1v) is 12.5. The van der Waals surface area contributed by atoms with Gasteiger partial charge < -0.3 is 5.73 Å². The van der Waals surface area contributed by atoms with Gasteiger partial charge in [0, 0.05) is 18.2 Å². The number of rotatable bonds is 6. The highest BCUT2D eigenvalue weighted by Gasteiger charge is 2.40. The van der Waals surface area contributed by atoms with Crippen LogP contribution in [-0.2, 0) is 27.8 Å². The topological polar surface area (TPSA) is 80.5 Å². The molecule has 2 N–H and O–H groups in total. The number of halogens is 1. The number of hydrogen-bond acceptors (Lipinski definition) is 3. The maximum absolute atomic E-state index is 15.1. The summed E-state index contributed by atoms with van der Waals surface area (Å²) in [4.78, 5) is 11.2. The molecule has 0 spiro atoms. The number of carbonyl (C=O) groups is 1. The van der Waals surface area contributed by atoms with Crippen LogP contribution in [0.5, 0.6) is 0 Å². The van der Waals surface area contributed by atoms with E-state index >= 15 is 4.39 Å². The monoisotopic (exact) mass is 466 g/mol. The summed E-state index contributed by atoms with van der Waals surface area (Å²) in [5, 5.41) is -0.620. The highest BCUT2D eigenvalue weighted by atomic mass is 32.2. The molecule has 33 heavy (non-hydrogen) atoms. The van der Waals surface area contributed by atoms with E-state index in [0.717, 1.165) is 16.7 Å². The Kier molecular flexibility index (Phi) is 6.63. The van der Waals surface area contributed by atoms with Crippen LogP contribution in [0.4, 0.5) is 4.39 Å². The molecule has 4 rings (SSSR count). The molecule has 7 heteroatoms. The van der Waals surface area contributed by atoms with Crippen LogP contribution in [0.15, 0.2) is 72.8 Å². The molecular formula is C26H27FN2O3S. The van der Waals surface area contributed by atoms with Crippen LogP contribution in [-0.4, -0.2) is 24.7 Å². The number of amides is 1. The molecule has 3 aromatic rings. The van der Waals surface area contributed by atoms with Gasteiger partial charge in [0.05, 0.1) is 6.42 Å². The lowest BCUT2D eigenvalue weighted by Crippen LogP contribution is -2.44. The zero-order chi connectivity index (χ0) is 23.6. The minimum Gasteiger partial charge on any atom is -0.369 e. The van der Waals surface area contributed by atoms with Crippen molar-refractivity contribution in [2.45, 2.75) is 44.0 Å². The summed E-state index contributed by atoms with van der Waals surface area (Å²) in [5.41, 5.74) is 8.54. The fraction of sp³-hybridized carbons (Fsp3) is 0.269. The SMILES string of the molecule is C[C@H]1CCC(c2ccccc2)S(=O)(=O)N1Cc1ccc(-c2cccc(CC(N)=O)c2)cc1F. The molecule has 3 aromatic carbocycles. The number of sulfonamides is 1. The zero-order valence-corrected chi connectivity index (χ0v) is 19.3. The summed E-state index contributed by atoms with van der Waals surface area (Å²) in [6.45, 7) is 1.86. The first kappa shape index (κ1) is 23.1. The molecule has 2 atom stereocenters. The van der Waals surface area contributed by atoms with Crippen molar-refractivity contribution in [2.24, 2.45) is 5.73 Å². The Morgan fingerprint density at radius 2 is 1.73 bits per heavy atom. The van der Waals surface area contributed by atoms with E-state index in [9.17, 15) is 13.2 Å². The molecule has 0 bridgehead atoms. The first-order chi connectivity index (χ1) is 15.8. The predicted octanol–water partition coefficient (Wildman–Crippen LogP) is 4.58. The number of carbonyl (C=O) groups excluding carboxylic acids is 1. The van der Waals surface area contributed by atoms with Crippen molar-refractivity contribution >= 4 is 15.9 Å². The van der Waals surface area contributed by atoms with Crippen LogP contribution in [0.2, 0.25) is 0 Å². The fourth-order valence-corrected chi connectivity index (χ4v) is 6.62. The van der Waals surface area contributed by atoms with Gasteiger partial charge in [0.1, 0.15) is 11.1 Å². The Morgan fingerprint density at radius 1 is 1.00 bits per heavy atom. The molecule has 1 aliphatic rings. The molecule has 1 heterocycles. The van der Waals surface area contributed by atoms with Crippen LogP contribution in [0.3, 0.4) is 0 Å². The van der Waals surface area contributed by atoms with E-state index in [2.05, 4.69) is 0 Å². The highest BCUT2D eigenvalue weighted by molar-refractivity contribution is 7.89. The first-order valence-electron chi connectivity index (χ1n) is 11.0. The van der Waals surface area contributed by atoms with Crippen molar-refractivity contribution in [3.05, 3.63) is 95.3 Å². The maximum Gasteiger partial charge on any atom is 0.221 e. The van der Waals surface area contributed by atoms with Crippen molar-refractivity contribution in [1.82, 2.24) is 4.31 Å². The second-order valence-corrected chi connectivity index (χ2v) is 10.6. The molecule has 1 amide bonds. The normalized spacial score (nSPS) is 20.4. The molecule has 0 radical (unpaired) electrons. The number of nitrogens with two attached hydrogens (primary N) is 1. The van der Waals surface area contributed by atoms with Gasteiger partial charge in [-0.15, -0.1) is 0 Å². The summed E-state index contributed by atoms with van der Waals surface area (Å²) in [5.74, 6) is -0.892. The second-order valence-electron chi connectivity index (χ2n) is 8.57. The molecule has 0 aromatic heterocycles. The summed E-state index contributed by atoms with van der Waals surface area (Å²) in [6, 6.07) is 21.0. The highest BCUT2D eigenvalue weighted by Crippen LogP contribution is 2.38. The molecule has 0 aliphatic carbocycles. The molecule has 172 valence electrons. The summed E-state index contributed by atoms with van der Waals surface area (Å²) in [6.07, 6.45) is 1.37. The summed E-state index contributed by atoms with van der Waals surface area (Å²) < 4.78 is 43.4. The van der Waals surface area contributed by atoms with Gasteiger partial charge in [0.25, 0.3) is 0 Å². The minimum atomic E-state index is -3.64. The van der Waals surface area contributed by atoms with E-state index in [0.29, 0.717) is 24.0 Å². The van der Waals surface area contributed by atoms with Crippen molar-refractivity contribution < 1.29 is 17.6 Å². The Balaban J connectivity index is 1.59. The average Bonchev–Trinajstić information content (AvgIpc) is 2.77. The van der Waals surface area contributed by atoms with Crippen molar-refractivity contribution in [2.75, 3.05) is 0 Å². The van der Waals surface area contributed by atoms with Gasteiger partial charge in [-0.25, -0.2) is 12.8 Å². The number of hydrogen-bond donors (Lipinski definition) is 1. The van der Waals surface area contributed by atoms with Crippen LogP contribution >= 0.6 is 0 Å². The number of nitrogens with zero attached hydrogens (tertiary/aromatic N) is 1. The van der Waals surface area contributed by atoms with E-state index in [4.69, 9.17) is 5.73 Å².